The third-order valence-corrected chi connectivity index (χ3v) is 5.78. The normalized spacial score (nSPS) is 11.6. The van der Waals surface area contributed by atoms with Crippen LogP contribution in [0.4, 0.5) is 8.78 Å². The molecule has 174 valence electrons. The Morgan fingerprint density at radius 1 is 1.06 bits per heavy atom. The average molecular weight is 492 g/mol. The largest absolute Gasteiger partial charge is 0.480 e. The fourth-order valence-corrected chi connectivity index (χ4v) is 4.08. The molecular formula is C26H16ClF2N3O3. The van der Waals surface area contributed by atoms with E-state index < -0.39 is 35.1 Å². The molecule has 0 radical (unpaired) electrons. The molecular weight excluding hydrogens is 476 g/mol. The summed E-state index contributed by atoms with van der Waals surface area (Å²) < 4.78 is 28.0. The zero-order valence-corrected chi connectivity index (χ0v) is 18.7. The fraction of sp³-hybridized carbons (Fsp3) is 0.0769. The van der Waals surface area contributed by atoms with E-state index in [0.29, 0.717) is 38.2 Å². The number of aliphatic carboxylic acids is 1. The molecule has 0 saturated carbocycles. The molecule has 2 N–H and O–H groups in total. The summed E-state index contributed by atoms with van der Waals surface area (Å²) in [6, 6.07) is 15.2. The van der Waals surface area contributed by atoms with Gasteiger partial charge in [0, 0.05) is 34.2 Å². The predicted molar refractivity (Wildman–Crippen MR) is 126 cm³/mol. The summed E-state index contributed by atoms with van der Waals surface area (Å²) in [5, 5.41) is 22.0. The van der Waals surface area contributed by atoms with Crippen molar-refractivity contribution in [1.29, 1.82) is 5.26 Å². The van der Waals surface area contributed by atoms with E-state index in [1.807, 2.05) is 6.07 Å². The standard InChI is InChI=1S/C26H16ClF2N3O3/c27-19-11-14(13-30)6-8-17(19)18-9-7-15(16-3-2-10-31-24(16)18)12-22(26(34)35)32-25(33)23-20(28)4-1-5-21(23)29/h1-11,22H,12H2,(H,32,33)(H,34,35)/t22-/m0/s1. The summed E-state index contributed by atoms with van der Waals surface area (Å²) in [4.78, 5) is 28.8. The van der Waals surface area contributed by atoms with Crippen LogP contribution in [-0.4, -0.2) is 28.0 Å². The molecule has 0 bridgehead atoms. The van der Waals surface area contributed by atoms with E-state index in [1.54, 1.807) is 42.6 Å². The molecule has 0 unspecified atom stereocenters. The minimum Gasteiger partial charge on any atom is -0.480 e. The summed E-state index contributed by atoms with van der Waals surface area (Å²) in [5.41, 5.74) is 1.94. The van der Waals surface area contributed by atoms with Gasteiger partial charge in [-0.25, -0.2) is 13.6 Å². The summed E-state index contributed by atoms with van der Waals surface area (Å²) in [5.74, 6) is -4.72. The lowest BCUT2D eigenvalue weighted by atomic mass is 9.94. The second-order valence-electron chi connectivity index (χ2n) is 7.64. The van der Waals surface area contributed by atoms with Crippen molar-refractivity contribution in [2.24, 2.45) is 0 Å². The Balaban J connectivity index is 1.71. The first-order valence-electron chi connectivity index (χ1n) is 10.3. The van der Waals surface area contributed by atoms with Gasteiger partial charge in [-0.1, -0.05) is 41.9 Å². The Bertz CT molecular complexity index is 1500. The number of halogens is 3. The second-order valence-corrected chi connectivity index (χ2v) is 8.05. The number of nitrogens with one attached hydrogen (secondary N) is 1. The predicted octanol–water partition coefficient (Wildman–Crippen LogP) is 5.13. The number of rotatable bonds is 6. The second kappa shape index (κ2) is 9.87. The molecule has 6 nitrogen and oxygen atoms in total. The van der Waals surface area contributed by atoms with Crippen molar-refractivity contribution in [3.63, 3.8) is 0 Å². The van der Waals surface area contributed by atoms with Gasteiger partial charge >= 0.3 is 5.97 Å². The SMILES string of the molecule is N#Cc1ccc(-c2ccc(C[C@H](NC(=O)c3c(F)cccc3F)C(=O)O)c3cccnc23)c(Cl)c1. The van der Waals surface area contributed by atoms with Crippen LogP contribution >= 0.6 is 11.6 Å². The number of carbonyl (C=O) groups is 2. The highest BCUT2D eigenvalue weighted by atomic mass is 35.5. The molecule has 3 aromatic carbocycles. The Morgan fingerprint density at radius 3 is 2.43 bits per heavy atom. The maximum atomic E-state index is 14.0. The van der Waals surface area contributed by atoms with Crippen LogP contribution in [0.1, 0.15) is 21.5 Å². The van der Waals surface area contributed by atoms with Crippen LogP contribution in [0, 0.1) is 23.0 Å². The molecule has 0 aliphatic rings. The minimum atomic E-state index is -1.46. The lowest BCUT2D eigenvalue weighted by Crippen LogP contribution is -2.43. The maximum Gasteiger partial charge on any atom is 0.326 e. The quantitative estimate of drug-likeness (QED) is 0.389. The van der Waals surface area contributed by atoms with Gasteiger partial charge < -0.3 is 10.4 Å². The highest BCUT2D eigenvalue weighted by molar-refractivity contribution is 6.33. The summed E-state index contributed by atoms with van der Waals surface area (Å²) >= 11 is 6.38. The number of hydrogen-bond acceptors (Lipinski definition) is 4. The van der Waals surface area contributed by atoms with Gasteiger partial charge in [0.1, 0.15) is 23.2 Å². The summed E-state index contributed by atoms with van der Waals surface area (Å²) in [6.45, 7) is 0. The summed E-state index contributed by atoms with van der Waals surface area (Å²) in [6.07, 6.45) is 1.41. The van der Waals surface area contributed by atoms with Gasteiger partial charge in [0.25, 0.3) is 5.91 Å². The van der Waals surface area contributed by atoms with Crippen LogP contribution in [0.3, 0.4) is 0 Å². The first-order valence-corrected chi connectivity index (χ1v) is 10.7. The topological polar surface area (TPSA) is 103 Å². The number of hydrogen-bond donors (Lipinski definition) is 2. The van der Waals surface area contributed by atoms with Gasteiger partial charge in [-0.05, 0) is 35.9 Å². The van der Waals surface area contributed by atoms with Crippen molar-refractivity contribution in [2.45, 2.75) is 12.5 Å². The molecule has 0 aliphatic carbocycles. The third-order valence-electron chi connectivity index (χ3n) is 5.47. The van der Waals surface area contributed by atoms with Gasteiger partial charge in [-0.3, -0.25) is 9.78 Å². The van der Waals surface area contributed by atoms with Gasteiger partial charge in [0.05, 0.1) is 17.1 Å². The van der Waals surface area contributed by atoms with Crippen LogP contribution in [0.25, 0.3) is 22.0 Å². The van der Waals surface area contributed by atoms with E-state index in [1.165, 1.54) is 6.07 Å². The third kappa shape index (κ3) is 4.81. The highest BCUT2D eigenvalue weighted by Gasteiger charge is 2.26. The number of nitrogens with zero attached hydrogens (tertiary/aromatic N) is 2. The minimum absolute atomic E-state index is 0.166. The van der Waals surface area contributed by atoms with E-state index in [9.17, 15) is 23.5 Å². The highest BCUT2D eigenvalue weighted by Crippen LogP contribution is 2.34. The van der Waals surface area contributed by atoms with E-state index in [-0.39, 0.29) is 6.42 Å². The van der Waals surface area contributed by atoms with Crippen molar-refractivity contribution in [2.75, 3.05) is 0 Å². The van der Waals surface area contributed by atoms with Crippen LogP contribution in [0.5, 0.6) is 0 Å². The molecule has 0 saturated heterocycles. The molecule has 4 aromatic rings. The molecule has 0 fully saturated rings. The molecule has 0 aliphatic heterocycles. The van der Waals surface area contributed by atoms with Crippen molar-refractivity contribution in [3.8, 4) is 17.2 Å². The van der Waals surface area contributed by atoms with Crippen LogP contribution in [0.15, 0.2) is 66.9 Å². The summed E-state index contributed by atoms with van der Waals surface area (Å²) in [7, 11) is 0. The first-order chi connectivity index (χ1) is 16.8. The number of fused-ring (bicyclic) bond motifs is 1. The van der Waals surface area contributed by atoms with Crippen LogP contribution in [0.2, 0.25) is 5.02 Å². The van der Waals surface area contributed by atoms with E-state index in [2.05, 4.69) is 10.3 Å². The number of carbonyl (C=O) groups excluding carboxylic acids is 1. The first kappa shape index (κ1) is 23.8. The van der Waals surface area contributed by atoms with Gasteiger partial charge in [0.15, 0.2) is 0 Å². The molecule has 35 heavy (non-hydrogen) atoms. The number of benzene rings is 3. The monoisotopic (exact) mass is 491 g/mol. The zero-order chi connectivity index (χ0) is 25.1. The van der Waals surface area contributed by atoms with E-state index in [4.69, 9.17) is 16.9 Å². The fourth-order valence-electron chi connectivity index (χ4n) is 3.80. The van der Waals surface area contributed by atoms with E-state index in [0.717, 1.165) is 18.2 Å². The van der Waals surface area contributed by atoms with E-state index >= 15 is 0 Å². The van der Waals surface area contributed by atoms with Crippen molar-refractivity contribution < 1.29 is 23.5 Å². The van der Waals surface area contributed by atoms with Crippen molar-refractivity contribution in [1.82, 2.24) is 10.3 Å². The Hall–Kier alpha value is -4.35. The molecule has 0 spiro atoms. The number of carboxylic acids is 1. The van der Waals surface area contributed by atoms with Gasteiger partial charge in [0.2, 0.25) is 0 Å². The lowest BCUT2D eigenvalue weighted by molar-refractivity contribution is -0.139. The number of aromatic nitrogens is 1. The lowest BCUT2D eigenvalue weighted by Gasteiger charge is -2.17. The maximum absolute atomic E-state index is 14.0. The van der Waals surface area contributed by atoms with Gasteiger partial charge in [-0.2, -0.15) is 5.26 Å². The number of nitriles is 1. The zero-order valence-electron chi connectivity index (χ0n) is 17.9. The Morgan fingerprint density at radius 2 is 1.77 bits per heavy atom. The molecule has 4 rings (SSSR count). The molecule has 1 amide bonds. The van der Waals surface area contributed by atoms with Crippen molar-refractivity contribution in [3.05, 3.63) is 100 Å². The van der Waals surface area contributed by atoms with Crippen LogP contribution < -0.4 is 5.32 Å². The average Bonchev–Trinajstić information content (AvgIpc) is 2.83. The Kier molecular flexibility index (Phi) is 6.71. The smallest absolute Gasteiger partial charge is 0.326 e. The van der Waals surface area contributed by atoms with Crippen LogP contribution in [-0.2, 0) is 11.2 Å². The molecule has 9 heteroatoms. The molecule has 1 heterocycles. The number of amides is 1. The molecule has 1 aromatic heterocycles. The Labute approximate surface area is 203 Å². The van der Waals surface area contributed by atoms with Gasteiger partial charge in [-0.15, -0.1) is 0 Å². The molecule has 1 atom stereocenters. The van der Waals surface area contributed by atoms with Crippen molar-refractivity contribution >= 4 is 34.4 Å². The number of pyridine rings is 1. The number of carboxylic acid groups (broad SMARTS) is 1.